The van der Waals surface area contributed by atoms with Crippen LogP contribution in [0.15, 0.2) is 30.3 Å². The highest BCUT2D eigenvalue weighted by Gasteiger charge is 2.04. The van der Waals surface area contributed by atoms with E-state index in [-0.39, 0.29) is 0 Å². The first kappa shape index (κ1) is 13.3. The van der Waals surface area contributed by atoms with Crippen molar-refractivity contribution in [2.45, 2.75) is 13.3 Å². The largest absolute Gasteiger partial charge is 0.370 e. The van der Waals surface area contributed by atoms with Crippen LogP contribution in [0.3, 0.4) is 0 Å². The molecule has 4 nitrogen and oxygen atoms in total. The summed E-state index contributed by atoms with van der Waals surface area (Å²) in [6, 6.07) is 11.8. The molecular weight excluding hydrogens is 236 g/mol. The Morgan fingerprint density at radius 2 is 2.11 bits per heavy atom. The number of para-hydroxylation sites is 1. The Morgan fingerprint density at radius 3 is 2.89 bits per heavy atom. The van der Waals surface area contributed by atoms with Crippen LogP contribution in [0.2, 0.25) is 0 Å². The molecule has 0 aliphatic rings. The highest BCUT2D eigenvalue weighted by Crippen LogP contribution is 2.19. The summed E-state index contributed by atoms with van der Waals surface area (Å²) >= 11 is 0. The van der Waals surface area contributed by atoms with Crippen LogP contribution in [0.25, 0.3) is 10.9 Å². The van der Waals surface area contributed by atoms with E-state index in [0.717, 1.165) is 42.8 Å². The number of fused-ring (bicyclic) bond motifs is 1. The molecule has 0 aliphatic heterocycles. The van der Waals surface area contributed by atoms with Crippen LogP contribution in [0.5, 0.6) is 0 Å². The summed E-state index contributed by atoms with van der Waals surface area (Å²) in [6.07, 6.45) is 1.03. The van der Waals surface area contributed by atoms with Crippen molar-refractivity contribution in [3.05, 3.63) is 35.9 Å². The summed E-state index contributed by atoms with van der Waals surface area (Å²) in [6.45, 7) is 4.93. The Kier molecular flexibility index (Phi) is 4.71. The monoisotopic (exact) mass is 254 g/mol. The molecule has 0 spiro atoms. The Labute approximate surface area is 113 Å². The fraction of sp³-hybridized carbons (Fsp3) is 0.333. The second kappa shape index (κ2) is 6.72. The Hall–Kier alpha value is -2.12. The third-order valence-electron chi connectivity index (χ3n) is 2.92. The van der Waals surface area contributed by atoms with E-state index in [4.69, 9.17) is 0 Å². The maximum atomic E-state index is 9.19. The molecule has 0 amide bonds. The van der Waals surface area contributed by atoms with Crippen LogP contribution in [-0.2, 0) is 0 Å². The average molecular weight is 254 g/mol. The standard InChI is InChI=1S/C15H18N4/c1-2-17-8-5-9-18-15-10-12(11-16)13-6-3-4-7-14(13)19-15/h3-4,6-7,10,17H,2,5,8-9H2,1H3,(H,18,19). The number of nitrogens with one attached hydrogen (secondary N) is 2. The minimum Gasteiger partial charge on any atom is -0.370 e. The molecule has 0 fully saturated rings. The Bertz CT molecular complexity index is 586. The minimum atomic E-state index is 0.666. The molecule has 0 bridgehead atoms. The van der Waals surface area contributed by atoms with Crippen molar-refractivity contribution in [1.29, 1.82) is 5.26 Å². The number of anilines is 1. The van der Waals surface area contributed by atoms with Gasteiger partial charge in [0.2, 0.25) is 0 Å². The van der Waals surface area contributed by atoms with Crippen LogP contribution in [0, 0.1) is 11.3 Å². The van der Waals surface area contributed by atoms with Crippen molar-refractivity contribution < 1.29 is 0 Å². The van der Waals surface area contributed by atoms with Gasteiger partial charge in [-0.25, -0.2) is 4.98 Å². The third-order valence-corrected chi connectivity index (χ3v) is 2.92. The summed E-state index contributed by atoms with van der Waals surface area (Å²) < 4.78 is 0. The topological polar surface area (TPSA) is 60.7 Å². The molecule has 0 saturated heterocycles. The predicted octanol–water partition coefficient (Wildman–Crippen LogP) is 2.52. The number of pyridine rings is 1. The first-order chi connectivity index (χ1) is 9.35. The van der Waals surface area contributed by atoms with E-state index in [2.05, 4.69) is 28.6 Å². The molecule has 1 aromatic heterocycles. The van der Waals surface area contributed by atoms with E-state index in [9.17, 15) is 5.26 Å². The second-order valence-electron chi connectivity index (χ2n) is 4.32. The van der Waals surface area contributed by atoms with Gasteiger partial charge in [0.1, 0.15) is 5.82 Å². The van der Waals surface area contributed by atoms with Gasteiger partial charge in [0.05, 0.1) is 17.1 Å². The smallest absolute Gasteiger partial charge is 0.127 e. The van der Waals surface area contributed by atoms with Crippen LogP contribution in [0.4, 0.5) is 5.82 Å². The van der Waals surface area contributed by atoms with E-state index >= 15 is 0 Å². The van der Waals surface area contributed by atoms with Gasteiger partial charge >= 0.3 is 0 Å². The quantitative estimate of drug-likeness (QED) is 0.778. The number of hydrogen-bond acceptors (Lipinski definition) is 4. The molecule has 1 heterocycles. The van der Waals surface area contributed by atoms with Crippen LogP contribution >= 0.6 is 0 Å². The molecule has 19 heavy (non-hydrogen) atoms. The van der Waals surface area contributed by atoms with Gasteiger partial charge in [0.25, 0.3) is 0 Å². The lowest BCUT2D eigenvalue weighted by atomic mass is 10.1. The van der Waals surface area contributed by atoms with Gasteiger partial charge in [-0.1, -0.05) is 25.1 Å². The number of nitriles is 1. The van der Waals surface area contributed by atoms with E-state index in [1.165, 1.54) is 0 Å². The Balaban J connectivity index is 2.10. The molecule has 0 unspecified atom stereocenters. The summed E-state index contributed by atoms with van der Waals surface area (Å²) in [5.74, 6) is 0.770. The van der Waals surface area contributed by atoms with Crippen molar-refractivity contribution in [2.24, 2.45) is 0 Å². The molecule has 0 aliphatic carbocycles. The van der Waals surface area contributed by atoms with Crippen molar-refractivity contribution in [1.82, 2.24) is 10.3 Å². The molecule has 4 heteroatoms. The first-order valence-electron chi connectivity index (χ1n) is 6.59. The average Bonchev–Trinajstić information content (AvgIpc) is 2.46. The molecule has 2 rings (SSSR count). The zero-order valence-corrected chi connectivity index (χ0v) is 11.1. The number of aromatic nitrogens is 1. The van der Waals surface area contributed by atoms with Crippen molar-refractivity contribution in [3.8, 4) is 6.07 Å². The third kappa shape index (κ3) is 3.43. The summed E-state index contributed by atoms with van der Waals surface area (Å²) in [4.78, 5) is 4.52. The molecule has 2 aromatic rings. The van der Waals surface area contributed by atoms with Gasteiger partial charge < -0.3 is 10.6 Å². The molecule has 0 atom stereocenters. The maximum absolute atomic E-state index is 9.19. The highest BCUT2D eigenvalue weighted by atomic mass is 15.0. The normalized spacial score (nSPS) is 10.3. The van der Waals surface area contributed by atoms with Crippen molar-refractivity contribution in [3.63, 3.8) is 0 Å². The van der Waals surface area contributed by atoms with Gasteiger partial charge in [0.15, 0.2) is 0 Å². The van der Waals surface area contributed by atoms with Crippen molar-refractivity contribution >= 4 is 16.7 Å². The van der Waals surface area contributed by atoms with Gasteiger partial charge in [-0.2, -0.15) is 5.26 Å². The van der Waals surface area contributed by atoms with Crippen molar-refractivity contribution in [2.75, 3.05) is 25.0 Å². The van der Waals surface area contributed by atoms with Gasteiger partial charge in [-0.15, -0.1) is 0 Å². The molecule has 1 aromatic carbocycles. The molecule has 0 radical (unpaired) electrons. The minimum absolute atomic E-state index is 0.666. The second-order valence-corrected chi connectivity index (χ2v) is 4.32. The lowest BCUT2D eigenvalue weighted by Crippen LogP contribution is -2.17. The SMILES string of the molecule is CCNCCCNc1cc(C#N)c2ccccc2n1. The van der Waals surface area contributed by atoms with Crippen LogP contribution in [0.1, 0.15) is 18.9 Å². The van der Waals surface area contributed by atoms with E-state index in [1.54, 1.807) is 0 Å². The van der Waals surface area contributed by atoms with Gasteiger partial charge in [-0.3, -0.25) is 0 Å². The van der Waals surface area contributed by atoms with E-state index < -0.39 is 0 Å². The molecule has 0 saturated carbocycles. The van der Waals surface area contributed by atoms with Crippen LogP contribution in [-0.4, -0.2) is 24.6 Å². The van der Waals surface area contributed by atoms with Gasteiger partial charge in [-0.05, 0) is 31.6 Å². The number of hydrogen-bond donors (Lipinski definition) is 2. The molecule has 98 valence electrons. The first-order valence-corrected chi connectivity index (χ1v) is 6.59. The highest BCUT2D eigenvalue weighted by molar-refractivity contribution is 5.86. The molecule has 2 N–H and O–H groups in total. The fourth-order valence-corrected chi connectivity index (χ4v) is 1.97. The fourth-order valence-electron chi connectivity index (χ4n) is 1.97. The molecular formula is C15H18N4. The summed E-state index contributed by atoms with van der Waals surface area (Å²) in [5, 5.41) is 16.6. The lowest BCUT2D eigenvalue weighted by molar-refractivity contribution is 0.688. The van der Waals surface area contributed by atoms with E-state index in [0.29, 0.717) is 5.56 Å². The predicted molar refractivity (Wildman–Crippen MR) is 78.1 cm³/mol. The van der Waals surface area contributed by atoms with Gasteiger partial charge in [0, 0.05) is 11.9 Å². The summed E-state index contributed by atoms with van der Waals surface area (Å²) in [7, 11) is 0. The number of nitrogens with zero attached hydrogens (tertiary/aromatic N) is 2. The Morgan fingerprint density at radius 1 is 1.26 bits per heavy atom. The summed E-state index contributed by atoms with van der Waals surface area (Å²) in [5.41, 5.74) is 1.52. The zero-order valence-electron chi connectivity index (χ0n) is 11.1. The lowest BCUT2D eigenvalue weighted by Gasteiger charge is -2.08. The number of rotatable bonds is 6. The zero-order chi connectivity index (χ0) is 13.5. The number of benzene rings is 1. The maximum Gasteiger partial charge on any atom is 0.127 e. The van der Waals surface area contributed by atoms with Crippen LogP contribution < -0.4 is 10.6 Å². The van der Waals surface area contributed by atoms with E-state index in [1.807, 2.05) is 30.3 Å².